The Morgan fingerprint density at radius 1 is 1.48 bits per heavy atom. The molecule has 0 heterocycles. The molecule has 21 heavy (non-hydrogen) atoms. The van der Waals surface area contributed by atoms with E-state index in [9.17, 15) is 9.59 Å². The van der Waals surface area contributed by atoms with Crippen LogP contribution in [-0.2, 0) is 14.3 Å². The molecule has 1 N–H and O–H groups in total. The van der Waals surface area contributed by atoms with Gasteiger partial charge in [0.1, 0.15) is 6.04 Å². The molecule has 1 amide bonds. The zero-order valence-corrected chi connectivity index (χ0v) is 13.5. The smallest absolute Gasteiger partial charge is 0.328 e. The third kappa shape index (κ3) is 6.69. The molecule has 1 aromatic rings. The van der Waals surface area contributed by atoms with Crippen LogP contribution in [0.5, 0.6) is 0 Å². The summed E-state index contributed by atoms with van der Waals surface area (Å²) in [6, 6.07) is 6.52. The van der Waals surface area contributed by atoms with Gasteiger partial charge in [0.15, 0.2) is 0 Å². The summed E-state index contributed by atoms with van der Waals surface area (Å²) < 4.78 is 4.68. The summed E-state index contributed by atoms with van der Waals surface area (Å²) in [4.78, 5) is 23.4. The average molecular weight is 328 g/mol. The van der Waals surface area contributed by atoms with Gasteiger partial charge in [0.05, 0.1) is 7.11 Å². The highest BCUT2D eigenvalue weighted by molar-refractivity contribution is 7.98. The number of methoxy groups -OCH3 is 1. The molecule has 6 heteroatoms. The first kappa shape index (κ1) is 17.6. The number of halogens is 1. The summed E-state index contributed by atoms with van der Waals surface area (Å²) in [6.07, 6.45) is 5.49. The lowest BCUT2D eigenvalue weighted by molar-refractivity contribution is -0.144. The van der Waals surface area contributed by atoms with Crippen LogP contribution in [-0.4, -0.2) is 37.0 Å². The first-order valence-electron chi connectivity index (χ1n) is 6.37. The predicted octanol–water partition coefficient (Wildman–Crippen LogP) is 2.76. The van der Waals surface area contributed by atoms with E-state index in [1.54, 1.807) is 36.0 Å². The minimum atomic E-state index is -0.626. The van der Waals surface area contributed by atoms with E-state index in [0.29, 0.717) is 11.4 Å². The maximum absolute atomic E-state index is 11.8. The molecule has 0 aliphatic heterocycles. The molecule has 0 bridgehead atoms. The number of amides is 1. The topological polar surface area (TPSA) is 55.4 Å². The summed E-state index contributed by atoms with van der Waals surface area (Å²) in [6.45, 7) is 0. The van der Waals surface area contributed by atoms with Crippen LogP contribution < -0.4 is 5.32 Å². The van der Waals surface area contributed by atoms with Crippen LogP contribution >= 0.6 is 23.4 Å². The van der Waals surface area contributed by atoms with Crippen LogP contribution in [0.15, 0.2) is 30.3 Å². The molecule has 0 aliphatic rings. The van der Waals surface area contributed by atoms with Crippen molar-refractivity contribution in [1.82, 2.24) is 5.32 Å². The Morgan fingerprint density at radius 3 is 2.86 bits per heavy atom. The standard InChI is InChI=1S/C15H18ClNO3S/c1-20-15(19)13(8-9-21-2)17-14(18)7-6-11-4-3-5-12(16)10-11/h3-7,10,13H,8-9H2,1-2H3,(H,17,18)/b7-6+/t13-/m0/s1. The molecule has 0 aromatic heterocycles. The second-order valence-corrected chi connectivity index (χ2v) is 5.68. The third-order valence-corrected chi connectivity index (χ3v) is 3.57. The first-order chi connectivity index (χ1) is 10.1. The second kappa shape index (κ2) is 9.47. The van der Waals surface area contributed by atoms with Gasteiger partial charge >= 0.3 is 5.97 Å². The van der Waals surface area contributed by atoms with Crippen molar-refractivity contribution in [2.24, 2.45) is 0 Å². The van der Waals surface area contributed by atoms with Crippen molar-refractivity contribution < 1.29 is 14.3 Å². The number of carbonyl (C=O) groups is 2. The molecule has 1 aromatic carbocycles. The van der Waals surface area contributed by atoms with Crippen molar-refractivity contribution in [3.05, 3.63) is 40.9 Å². The van der Waals surface area contributed by atoms with E-state index in [1.807, 2.05) is 12.3 Å². The van der Waals surface area contributed by atoms with Crippen molar-refractivity contribution in [2.75, 3.05) is 19.1 Å². The molecule has 0 radical (unpaired) electrons. The molecular weight excluding hydrogens is 310 g/mol. The van der Waals surface area contributed by atoms with Crippen molar-refractivity contribution in [3.63, 3.8) is 0 Å². The summed E-state index contributed by atoms with van der Waals surface area (Å²) >= 11 is 7.47. The molecule has 0 saturated heterocycles. The summed E-state index contributed by atoms with van der Waals surface area (Å²) in [5, 5.41) is 3.24. The van der Waals surface area contributed by atoms with E-state index in [0.717, 1.165) is 11.3 Å². The minimum absolute atomic E-state index is 0.341. The Morgan fingerprint density at radius 2 is 2.24 bits per heavy atom. The van der Waals surface area contributed by atoms with Crippen molar-refractivity contribution >= 4 is 41.3 Å². The van der Waals surface area contributed by atoms with E-state index in [4.69, 9.17) is 11.6 Å². The normalized spacial score (nSPS) is 12.1. The van der Waals surface area contributed by atoms with Crippen LogP contribution in [0.1, 0.15) is 12.0 Å². The molecule has 0 saturated carbocycles. The van der Waals surface area contributed by atoms with E-state index in [2.05, 4.69) is 10.1 Å². The molecule has 1 rings (SSSR count). The van der Waals surface area contributed by atoms with Gasteiger partial charge in [0.2, 0.25) is 5.91 Å². The van der Waals surface area contributed by atoms with Gasteiger partial charge in [-0.15, -0.1) is 0 Å². The SMILES string of the molecule is COC(=O)[C@H](CCSC)NC(=O)/C=C/c1cccc(Cl)c1. The van der Waals surface area contributed by atoms with Crippen molar-refractivity contribution in [2.45, 2.75) is 12.5 Å². The number of thioether (sulfide) groups is 1. The van der Waals surface area contributed by atoms with Gasteiger partial charge in [-0.25, -0.2) is 4.79 Å². The fourth-order valence-corrected chi connectivity index (χ4v) is 2.30. The van der Waals surface area contributed by atoms with Gasteiger partial charge in [-0.1, -0.05) is 23.7 Å². The van der Waals surface area contributed by atoms with Gasteiger partial charge in [-0.2, -0.15) is 11.8 Å². The fourth-order valence-electron chi connectivity index (χ4n) is 1.63. The quantitative estimate of drug-likeness (QED) is 0.618. The van der Waals surface area contributed by atoms with E-state index >= 15 is 0 Å². The molecule has 0 aliphatic carbocycles. The van der Waals surface area contributed by atoms with Crippen LogP contribution in [0.4, 0.5) is 0 Å². The number of carbonyl (C=O) groups excluding carboxylic acids is 2. The number of benzene rings is 1. The van der Waals surface area contributed by atoms with Gasteiger partial charge in [-0.3, -0.25) is 4.79 Å². The highest BCUT2D eigenvalue weighted by Gasteiger charge is 2.19. The maximum Gasteiger partial charge on any atom is 0.328 e. The maximum atomic E-state index is 11.8. The average Bonchev–Trinajstić information content (AvgIpc) is 2.48. The monoisotopic (exact) mass is 327 g/mol. The molecular formula is C15H18ClNO3S. The van der Waals surface area contributed by atoms with Crippen LogP contribution in [0.25, 0.3) is 6.08 Å². The number of hydrogen-bond acceptors (Lipinski definition) is 4. The summed E-state index contributed by atoms with van der Waals surface area (Å²) in [5.41, 5.74) is 0.816. The van der Waals surface area contributed by atoms with Gasteiger partial charge in [-0.05, 0) is 42.2 Å². The van der Waals surface area contributed by atoms with Crippen LogP contribution in [0, 0.1) is 0 Å². The summed E-state index contributed by atoms with van der Waals surface area (Å²) in [7, 11) is 1.31. The highest BCUT2D eigenvalue weighted by Crippen LogP contribution is 2.11. The van der Waals surface area contributed by atoms with Crippen LogP contribution in [0.3, 0.4) is 0 Å². The second-order valence-electron chi connectivity index (χ2n) is 4.25. The third-order valence-electron chi connectivity index (χ3n) is 2.69. The number of hydrogen-bond donors (Lipinski definition) is 1. The molecule has 0 fully saturated rings. The Labute approximate surface area is 133 Å². The van der Waals surface area contributed by atoms with Gasteiger partial charge in [0.25, 0.3) is 0 Å². The lowest BCUT2D eigenvalue weighted by atomic mass is 10.2. The number of nitrogens with one attached hydrogen (secondary N) is 1. The summed E-state index contributed by atoms with van der Waals surface area (Å²) in [5.74, 6) is -0.0158. The van der Waals surface area contributed by atoms with E-state index in [1.165, 1.54) is 13.2 Å². The Bertz CT molecular complexity index is 519. The number of rotatable bonds is 7. The molecule has 0 unspecified atom stereocenters. The molecule has 0 spiro atoms. The predicted molar refractivity (Wildman–Crippen MR) is 87.4 cm³/mol. The van der Waals surface area contributed by atoms with Crippen molar-refractivity contribution in [1.29, 1.82) is 0 Å². The first-order valence-corrected chi connectivity index (χ1v) is 8.15. The van der Waals surface area contributed by atoms with Gasteiger partial charge in [0, 0.05) is 11.1 Å². The lowest BCUT2D eigenvalue weighted by Gasteiger charge is -2.14. The van der Waals surface area contributed by atoms with Crippen molar-refractivity contribution in [3.8, 4) is 0 Å². The highest BCUT2D eigenvalue weighted by atomic mass is 35.5. The molecule has 114 valence electrons. The number of esters is 1. The van der Waals surface area contributed by atoms with E-state index in [-0.39, 0.29) is 5.91 Å². The van der Waals surface area contributed by atoms with E-state index < -0.39 is 12.0 Å². The Kier molecular flexibility index (Phi) is 7.93. The van der Waals surface area contributed by atoms with Gasteiger partial charge < -0.3 is 10.1 Å². The lowest BCUT2D eigenvalue weighted by Crippen LogP contribution is -2.41. The Balaban J connectivity index is 2.62. The fraction of sp³-hybridized carbons (Fsp3) is 0.333. The zero-order chi connectivity index (χ0) is 15.7. The zero-order valence-electron chi connectivity index (χ0n) is 12.0. The largest absolute Gasteiger partial charge is 0.467 e. The Hall–Kier alpha value is -1.46. The molecule has 4 nitrogen and oxygen atoms in total. The number of ether oxygens (including phenoxy) is 1. The molecule has 1 atom stereocenters. The minimum Gasteiger partial charge on any atom is -0.467 e. The van der Waals surface area contributed by atoms with Crippen LogP contribution in [0.2, 0.25) is 5.02 Å².